The van der Waals surface area contributed by atoms with Crippen LogP contribution in [0.25, 0.3) is 0 Å². The third-order valence-corrected chi connectivity index (χ3v) is 4.86. The molecule has 5 heteroatoms. The Labute approximate surface area is 161 Å². The third kappa shape index (κ3) is 3.57. The predicted octanol–water partition coefficient (Wildman–Crippen LogP) is 5.05. The monoisotopic (exact) mass is 377 g/mol. The van der Waals surface area contributed by atoms with Crippen molar-refractivity contribution in [2.75, 3.05) is 5.32 Å². The van der Waals surface area contributed by atoms with Crippen molar-refractivity contribution < 1.29 is 14.3 Å². The summed E-state index contributed by atoms with van der Waals surface area (Å²) in [6, 6.07) is 21.6. The first kappa shape index (κ1) is 17.3. The minimum absolute atomic E-state index is 0.277. The maximum absolute atomic E-state index is 12.6. The van der Waals surface area contributed by atoms with Crippen LogP contribution in [-0.2, 0) is 11.2 Å². The Kier molecular flexibility index (Phi) is 4.65. The number of rotatable bonds is 3. The van der Waals surface area contributed by atoms with Gasteiger partial charge >= 0.3 is 5.97 Å². The van der Waals surface area contributed by atoms with E-state index >= 15 is 0 Å². The second kappa shape index (κ2) is 7.25. The first-order valence-electron chi connectivity index (χ1n) is 8.56. The molecule has 4 nitrogen and oxygen atoms in total. The fourth-order valence-corrected chi connectivity index (χ4v) is 3.33. The molecule has 3 aromatic carbocycles. The number of halogens is 1. The molecule has 1 aliphatic heterocycles. The molecule has 1 aliphatic rings. The number of carbonyl (C=O) groups is 2. The predicted molar refractivity (Wildman–Crippen MR) is 104 cm³/mol. The fraction of sp³-hybridized carbons (Fsp3) is 0.0909. The molecule has 1 amide bonds. The van der Waals surface area contributed by atoms with Gasteiger partial charge in [-0.3, -0.25) is 4.79 Å². The van der Waals surface area contributed by atoms with E-state index in [9.17, 15) is 9.59 Å². The number of esters is 1. The molecule has 0 radical (unpaired) electrons. The lowest BCUT2D eigenvalue weighted by atomic mass is 9.93. The molecular weight excluding hydrogens is 362 g/mol. The molecule has 1 heterocycles. The number of fused-ring (bicyclic) bond motifs is 1. The van der Waals surface area contributed by atoms with Crippen LogP contribution in [0.5, 0.6) is 0 Å². The van der Waals surface area contributed by atoms with Crippen molar-refractivity contribution in [2.24, 2.45) is 0 Å². The van der Waals surface area contributed by atoms with Gasteiger partial charge in [0.05, 0.1) is 16.3 Å². The van der Waals surface area contributed by atoms with Crippen molar-refractivity contribution in [3.05, 3.63) is 100 Å². The van der Waals surface area contributed by atoms with E-state index in [0.717, 1.165) is 11.1 Å². The first-order valence-corrected chi connectivity index (χ1v) is 8.94. The highest BCUT2D eigenvalue weighted by Gasteiger charge is 2.28. The smallest absolute Gasteiger partial charge is 0.339 e. The number of hydrogen-bond acceptors (Lipinski definition) is 3. The lowest BCUT2D eigenvalue weighted by Gasteiger charge is -2.25. The van der Waals surface area contributed by atoms with Crippen LogP contribution in [0, 0.1) is 0 Å². The average Bonchev–Trinajstić information content (AvgIpc) is 2.70. The zero-order chi connectivity index (χ0) is 18.8. The second-order valence-electron chi connectivity index (χ2n) is 6.31. The Morgan fingerprint density at radius 3 is 2.52 bits per heavy atom. The van der Waals surface area contributed by atoms with Crippen LogP contribution in [0.4, 0.5) is 5.69 Å². The van der Waals surface area contributed by atoms with Gasteiger partial charge in [-0.15, -0.1) is 0 Å². The van der Waals surface area contributed by atoms with Gasteiger partial charge in [0.25, 0.3) is 5.91 Å². The van der Waals surface area contributed by atoms with Crippen molar-refractivity contribution in [3.63, 3.8) is 0 Å². The summed E-state index contributed by atoms with van der Waals surface area (Å²) in [7, 11) is 0. The molecule has 0 aliphatic carbocycles. The largest absolute Gasteiger partial charge is 0.454 e. The molecule has 0 spiro atoms. The number of para-hydroxylation sites is 1. The zero-order valence-corrected chi connectivity index (χ0v) is 15.1. The van der Waals surface area contributed by atoms with E-state index in [1.807, 2.05) is 30.3 Å². The Balaban J connectivity index is 1.60. The number of carbonyl (C=O) groups excluding carboxylic acids is 2. The second-order valence-corrected chi connectivity index (χ2v) is 6.72. The Morgan fingerprint density at radius 2 is 1.74 bits per heavy atom. The summed E-state index contributed by atoms with van der Waals surface area (Å²) in [6.07, 6.45) is 0.172. The Bertz CT molecular complexity index is 1020. The summed E-state index contributed by atoms with van der Waals surface area (Å²) >= 11 is 6.10. The van der Waals surface area contributed by atoms with Crippen LogP contribution >= 0.6 is 11.6 Å². The quantitative estimate of drug-likeness (QED) is 0.650. The van der Waals surface area contributed by atoms with Crippen LogP contribution in [0.3, 0.4) is 0 Å². The zero-order valence-electron chi connectivity index (χ0n) is 14.3. The number of benzene rings is 3. The molecule has 0 aromatic heterocycles. The topological polar surface area (TPSA) is 55.4 Å². The fourth-order valence-electron chi connectivity index (χ4n) is 3.15. The van der Waals surface area contributed by atoms with E-state index in [2.05, 4.69) is 5.32 Å². The van der Waals surface area contributed by atoms with Gasteiger partial charge in [-0.2, -0.15) is 0 Å². The lowest BCUT2D eigenvalue weighted by molar-refractivity contribution is 0.0252. The summed E-state index contributed by atoms with van der Waals surface area (Å²) in [4.78, 5) is 24.9. The number of anilines is 1. The van der Waals surface area contributed by atoms with E-state index in [-0.39, 0.29) is 18.0 Å². The summed E-state index contributed by atoms with van der Waals surface area (Å²) in [5.74, 6) is -0.649. The van der Waals surface area contributed by atoms with E-state index in [1.54, 1.807) is 42.5 Å². The summed E-state index contributed by atoms with van der Waals surface area (Å²) < 4.78 is 5.55. The van der Waals surface area contributed by atoms with Gasteiger partial charge in [0.1, 0.15) is 6.10 Å². The van der Waals surface area contributed by atoms with Crippen molar-refractivity contribution >= 4 is 29.2 Å². The lowest BCUT2D eigenvalue weighted by Crippen LogP contribution is -2.23. The van der Waals surface area contributed by atoms with E-state index < -0.39 is 0 Å². The van der Waals surface area contributed by atoms with Gasteiger partial charge in [-0.05, 0) is 41.5 Å². The number of ether oxygens (including phenoxy) is 1. The van der Waals surface area contributed by atoms with E-state index in [4.69, 9.17) is 16.3 Å². The van der Waals surface area contributed by atoms with Gasteiger partial charge in [-0.1, -0.05) is 54.1 Å². The highest BCUT2D eigenvalue weighted by Crippen LogP contribution is 2.31. The molecule has 27 heavy (non-hydrogen) atoms. The molecule has 0 unspecified atom stereocenters. The van der Waals surface area contributed by atoms with Gasteiger partial charge in [0, 0.05) is 12.0 Å². The average molecular weight is 378 g/mol. The molecule has 134 valence electrons. The van der Waals surface area contributed by atoms with Crippen molar-refractivity contribution in [1.82, 2.24) is 0 Å². The normalized spacial score (nSPS) is 15.6. The highest BCUT2D eigenvalue weighted by atomic mass is 35.5. The van der Waals surface area contributed by atoms with Crippen LogP contribution < -0.4 is 5.32 Å². The highest BCUT2D eigenvalue weighted by molar-refractivity contribution is 6.33. The number of nitrogens with one attached hydrogen (secondary N) is 1. The van der Waals surface area contributed by atoms with Gasteiger partial charge in [0.2, 0.25) is 0 Å². The minimum Gasteiger partial charge on any atom is -0.454 e. The summed E-state index contributed by atoms with van der Waals surface area (Å²) in [5.41, 5.74) is 3.24. The third-order valence-electron chi connectivity index (χ3n) is 4.54. The van der Waals surface area contributed by atoms with Crippen LogP contribution in [-0.4, -0.2) is 11.9 Å². The van der Waals surface area contributed by atoms with Gasteiger partial charge in [-0.25, -0.2) is 4.79 Å². The molecule has 3 aromatic rings. The Morgan fingerprint density at radius 1 is 1.00 bits per heavy atom. The maximum atomic E-state index is 12.6. The Hall–Kier alpha value is -3.11. The molecule has 0 bridgehead atoms. The maximum Gasteiger partial charge on any atom is 0.339 e. The molecule has 1 N–H and O–H groups in total. The number of cyclic esters (lactones) is 1. The molecule has 4 rings (SSSR count). The van der Waals surface area contributed by atoms with Crippen molar-refractivity contribution in [1.29, 1.82) is 0 Å². The standard InChI is InChI=1S/C22H16ClNO3/c23-18-8-4-5-9-19(18)24-21(25)15-10-11-17-16(12-15)13-20(27-22(17)26)14-6-2-1-3-7-14/h1-12,20H,13H2,(H,24,25)/t20-/m0/s1. The minimum atomic E-state index is -0.372. The van der Waals surface area contributed by atoms with Gasteiger partial charge < -0.3 is 10.1 Å². The first-order chi connectivity index (χ1) is 13.1. The van der Waals surface area contributed by atoms with Crippen molar-refractivity contribution in [2.45, 2.75) is 12.5 Å². The summed E-state index contributed by atoms with van der Waals surface area (Å²) in [6.45, 7) is 0. The van der Waals surface area contributed by atoms with Gasteiger partial charge in [0.15, 0.2) is 0 Å². The van der Waals surface area contributed by atoms with Crippen LogP contribution in [0.2, 0.25) is 5.02 Å². The van der Waals surface area contributed by atoms with Crippen molar-refractivity contribution in [3.8, 4) is 0 Å². The molecule has 0 saturated heterocycles. The molecular formula is C22H16ClNO3. The molecule has 1 atom stereocenters. The van der Waals surface area contributed by atoms with E-state index in [1.165, 1.54) is 0 Å². The molecule has 0 saturated carbocycles. The summed E-state index contributed by atoms with van der Waals surface area (Å²) in [5, 5.41) is 3.27. The van der Waals surface area contributed by atoms with Crippen LogP contribution in [0.15, 0.2) is 72.8 Å². The molecule has 0 fully saturated rings. The number of amides is 1. The van der Waals surface area contributed by atoms with E-state index in [0.29, 0.717) is 28.3 Å². The number of hydrogen-bond donors (Lipinski definition) is 1. The SMILES string of the molecule is O=C(Nc1ccccc1Cl)c1ccc2c(c1)C[C@@H](c1ccccc1)OC2=O. The van der Waals surface area contributed by atoms with Crippen LogP contribution in [0.1, 0.15) is 37.9 Å².